The second-order valence-electron chi connectivity index (χ2n) is 16.2. The first-order chi connectivity index (χ1) is 30.7. The molecule has 0 fully saturated rings. The molecule has 3 aromatic heterocycles. The highest BCUT2D eigenvalue weighted by molar-refractivity contribution is 6.13. The van der Waals surface area contributed by atoms with Crippen LogP contribution >= 0.6 is 0 Å². The Morgan fingerprint density at radius 1 is 0.290 bits per heavy atom. The van der Waals surface area contributed by atoms with Gasteiger partial charge >= 0.3 is 0 Å². The number of fused-ring (bicyclic) bond motifs is 9. The number of nitrogens with zero attached hydrogens (tertiary/aromatic N) is 4. The first-order valence-corrected chi connectivity index (χ1v) is 21.2. The van der Waals surface area contributed by atoms with Gasteiger partial charge < -0.3 is 9.13 Å². The van der Waals surface area contributed by atoms with Gasteiger partial charge in [-0.15, -0.1) is 0 Å². The summed E-state index contributed by atoms with van der Waals surface area (Å²) in [5, 5.41) is 11.8. The Hall–Kier alpha value is -8.34. The van der Waals surface area contributed by atoms with Gasteiger partial charge in [-0.3, -0.25) is 0 Å². The third kappa shape index (κ3) is 5.27. The fraction of sp³-hybridized carbons (Fsp3) is 0. The van der Waals surface area contributed by atoms with Crippen LogP contribution in [-0.2, 0) is 0 Å². The largest absolute Gasteiger partial charge is 0.309 e. The van der Waals surface area contributed by atoms with Crippen molar-refractivity contribution in [3.63, 3.8) is 0 Å². The van der Waals surface area contributed by atoms with Gasteiger partial charge in [-0.1, -0.05) is 164 Å². The molecule has 13 rings (SSSR count). The normalized spacial score (nSPS) is 11.9. The minimum Gasteiger partial charge on any atom is -0.309 e. The topological polar surface area (TPSA) is 35.6 Å². The zero-order valence-electron chi connectivity index (χ0n) is 33.6. The van der Waals surface area contributed by atoms with Crippen molar-refractivity contribution in [1.29, 1.82) is 0 Å². The van der Waals surface area contributed by atoms with Crippen LogP contribution in [-0.4, -0.2) is 19.1 Å². The first-order valence-electron chi connectivity index (χ1n) is 21.2. The van der Waals surface area contributed by atoms with E-state index in [0.717, 1.165) is 77.7 Å². The number of aromatic nitrogens is 4. The lowest BCUT2D eigenvalue weighted by atomic mass is 9.93. The Bertz CT molecular complexity index is 3650. The summed E-state index contributed by atoms with van der Waals surface area (Å²) >= 11 is 0. The first kappa shape index (κ1) is 34.5. The van der Waals surface area contributed by atoms with Crippen LogP contribution in [0, 0.1) is 0 Å². The molecule has 288 valence electrons. The molecule has 0 radical (unpaired) electrons. The predicted octanol–water partition coefficient (Wildman–Crippen LogP) is 15.1. The van der Waals surface area contributed by atoms with Crippen LogP contribution in [0.3, 0.4) is 0 Å². The van der Waals surface area contributed by atoms with E-state index in [1.807, 2.05) is 0 Å². The van der Waals surface area contributed by atoms with Crippen molar-refractivity contribution < 1.29 is 0 Å². The summed E-state index contributed by atoms with van der Waals surface area (Å²) in [6.07, 6.45) is 0. The molecule has 0 aliphatic heterocycles. The van der Waals surface area contributed by atoms with E-state index in [0.29, 0.717) is 5.82 Å². The lowest BCUT2D eigenvalue weighted by molar-refractivity contribution is 1.12. The minimum atomic E-state index is 0.659. The monoisotopic (exact) mass is 788 g/mol. The Labute approximate surface area is 357 Å². The van der Waals surface area contributed by atoms with Crippen LogP contribution in [0.25, 0.3) is 121 Å². The zero-order valence-corrected chi connectivity index (χ0v) is 33.6. The van der Waals surface area contributed by atoms with Crippen molar-refractivity contribution in [2.24, 2.45) is 0 Å². The molecule has 0 spiro atoms. The lowest BCUT2D eigenvalue weighted by Crippen LogP contribution is -2.02. The maximum atomic E-state index is 5.64. The molecule has 0 aliphatic rings. The zero-order chi connectivity index (χ0) is 40.7. The molecule has 0 N–H and O–H groups in total. The molecule has 0 bridgehead atoms. The van der Waals surface area contributed by atoms with Crippen molar-refractivity contribution in [3.8, 4) is 45.3 Å². The van der Waals surface area contributed by atoms with E-state index in [1.54, 1.807) is 0 Å². The third-order valence-electron chi connectivity index (χ3n) is 12.7. The average Bonchev–Trinajstić information content (AvgIpc) is 3.86. The number of hydrogen-bond donors (Lipinski definition) is 0. The smallest absolute Gasteiger partial charge is 0.160 e. The van der Waals surface area contributed by atoms with Crippen LogP contribution < -0.4 is 0 Å². The standard InChI is InChI=1S/C58H36N4/c1-4-20-43-37(16-1)19-15-27-46(43)51-36-52(57-44-21-5-2-17-38(44)32-39-18-3-6-22-45(39)57)60-58(59-51)40-33-41(61-53-28-11-7-23-47(53)48-24-8-12-29-54(48)61)35-42(34-40)62-55-30-13-9-25-49(55)50-26-10-14-31-56(50)62/h1-36H. The molecular formula is C58H36N4. The van der Waals surface area contributed by atoms with E-state index in [1.165, 1.54) is 37.7 Å². The molecule has 0 saturated carbocycles. The maximum absolute atomic E-state index is 5.64. The van der Waals surface area contributed by atoms with E-state index in [9.17, 15) is 0 Å². The summed E-state index contributed by atoms with van der Waals surface area (Å²) in [5.74, 6) is 0.659. The SMILES string of the molecule is c1ccc2c(-c3cc(-c4c5ccccc5cc5ccccc45)nc(-c4cc(-n5c6ccccc6c6ccccc65)cc(-n5c6ccccc6c6ccccc65)c4)n3)cccc2c1. The van der Waals surface area contributed by atoms with Crippen molar-refractivity contribution in [2.75, 3.05) is 0 Å². The number of hydrogen-bond acceptors (Lipinski definition) is 2. The summed E-state index contributed by atoms with van der Waals surface area (Å²) in [5.41, 5.74) is 11.5. The van der Waals surface area contributed by atoms with Gasteiger partial charge in [0.1, 0.15) is 0 Å². The molecule has 0 aliphatic carbocycles. The van der Waals surface area contributed by atoms with Crippen LogP contribution in [0.4, 0.5) is 0 Å². The molecule has 13 aromatic rings. The molecule has 4 nitrogen and oxygen atoms in total. The summed E-state index contributed by atoms with van der Waals surface area (Å²) in [6, 6.07) is 78.6. The Balaban J connectivity index is 1.17. The highest BCUT2D eigenvalue weighted by atomic mass is 15.0. The van der Waals surface area contributed by atoms with Crippen molar-refractivity contribution >= 4 is 75.9 Å². The third-order valence-corrected chi connectivity index (χ3v) is 12.7. The second kappa shape index (κ2) is 13.6. The van der Waals surface area contributed by atoms with Crippen LogP contribution in [0.5, 0.6) is 0 Å². The van der Waals surface area contributed by atoms with E-state index in [4.69, 9.17) is 9.97 Å². The predicted molar refractivity (Wildman–Crippen MR) is 260 cm³/mol. The highest BCUT2D eigenvalue weighted by Gasteiger charge is 2.21. The minimum absolute atomic E-state index is 0.659. The van der Waals surface area contributed by atoms with Gasteiger partial charge in [-0.05, 0) is 86.9 Å². The van der Waals surface area contributed by atoms with Crippen molar-refractivity contribution in [3.05, 3.63) is 218 Å². The average molecular weight is 789 g/mol. The van der Waals surface area contributed by atoms with Crippen molar-refractivity contribution in [1.82, 2.24) is 19.1 Å². The van der Waals surface area contributed by atoms with Gasteiger partial charge in [-0.2, -0.15) is 0 Å². The van der Waals surface area contributed by atoms with Gasteiger partial charge in [0, 0.05) is 49.6 Å². The fourth-order valence-electron chi connectivity index (χ4n) is 9.96. The van der Waals surface area contributed by atoms with Gasteiger partial charge in [-0.25, -0.2) is 9.97 Å². The Kier molecular flexibility index (Phi) is 7.57. The summed E-state index contributed by atoms with van der Waals surface area (Å²) < 4.78 is 4.80. The Morgan fingerprint density at radius 2 is 0.694 bits per heavy atom. The second-order valence-corrected chi connectivity index (χ2v) is 16.2. The van der Waals surface area contributed by atoms with Crippen LogP contribution in [0.15, 0.2) is 218 Å². The molecule has 0 unspecified atom stereocenters. The van der Waals surface area contributed by atoms with Gasteiger partial charge in [0.25, 0.3) is 0 Å². The van der Waals surface area contributed by atoms with E-state index >= 15 is 0 Å². The molecule has 0 saturated heterocycles. The van der Waals surface area contributed by atoms with Gasteiger partial charge in [0.2, 0.25) is 0 Å². The van der Waals surface area contributed by atoms with E-state index < -0.39 is 0 Å². The number of para-hydroxylation sites is 4. The molecular weight excluding hydrogens is 753 g/mol. The highest BCUT2D eigenvalue weighted by Crippen LogP contribution is 2.41. The summed E-state index contributed by atoms with van der Waals surface area (Å²) in [6.45, 7) is 0. The Morgan fingerprint density at radius 3 is 1.21 bits per heavy atom. The lowest BCUT2D eigenvalue weighted by Gasteiger charge is -2.17. The molecule has 3 heterocycles. The number of benzene rings is 10. The van der Waals surface area contributed by atoms with Crippen molar-refractivity contribution in [2.45, 2.75) is 0 Å². The quantitative estimate of drug-likeness (QED) is 0.163. The van der Waals surface area contributed by atoms with Crippen LogP contribution in [0.1, 0.15) is 0 Å². The van der Waals surface area contributed by atoms with E-state index in [2.05, 4.69) is 228 Å². The molecule has 0 atom stereocenters. The maximum Gasteiger partial charge on any atom is 0.160 e. The number of rotatable bonds is 5. The summed E-state index contributed by atoms with van der Waals surface area (Å²) in [4.78, 5) is 11.2. The summed E-state index contributed by atoms with van der Waals surface area (Å²) in [7, 11) is 0. The van der Waals surface area contributed by atoms with Crippen LogP contribution in [0.2, 0.25) is 0 Å². The molecule has 10 aromatic carbocycles. The molecule has 62 heavy (non-hydrogen) atoms. The van der Waals surface area contributed by atoms with Gasteiger partial charge in [0.05, 0.1) is 33.5 Å². The molecule has 4 heteroatoms. The van der Waals surface area contributed by atoms with Gasteiger partial charge in [0.15, 0.2) is 5.82 Å². The fourth-order valence-corrected chi connectivity index (χ4v) is 9.96. The van der Waals surface area contributed by atoms with E-state index in [-0.39, 0.29) is 0 Å². The molecule has 0 amide bonds.